The maximum atomic E-state index is 10.9. The molecule has 0 fully saturated rings. The van der Waals surface area contributed by atoms with Crippen molar-refractivity contribution in [3.63, 3.8) is 0 Å². The summed E-state index contributed by atoms with van der Waals surface area (Å²) in [7, 11) is -0.785. The molecule has 0 aliphatic heterocycles. The van der Waals surface area contributed by atoms with Gasteiger partial charge in [-0.3, -0.25) is 9.00 Å². The lowest BCUT2D eigenvalue weighted by Crippen LogP contribution is -2.04. The first kappa shape index (κ1) is 11.2. The van der Waals surface area contributed by atoms with Crippen molar-refractivity contribution in [3.05, 3.63) is 0 Å². The van der Waals surface area contributed by atoms with Crippen molar-refractivity contribution < 1.29 is 9.00 Å². The third-order valence-corrected chi connectivity index (χ3v) is 3.28. The molecular weight excluding hydrogens is 180 g/mol. The topological polar surface area (TPSA) is 34.1 Å². The van der Waals surface area contributed by atoms with Gasteiger partial charge in [-0.25, -0.2) is 0 Å². The van der Waals surface area contributed by atoms with Gasteiger partial charge in [-0.05, 0) is 5.75 Å². The number of hydrogen-bond donors (Lipinski definition) is 0. The number of thioether (sulfide) groups is 1. The summed E-state index contributed by atoms with van der Waals surface area (Å²) in [6, 6.07) is 0. The van der Waals surface area contributed by atoms with E-state index < -0.39 is 10.8 Å². The average Bonchev–Trinajstić information content (AvgIpc) is 2.01. The van der Waals surface area contributed by atoms with Crippen LogP contribution >= 0.6 is 11.8 Å². The SMILES string of the molecule is CCSC(=O)CCS(=O)CC. The Balaban J connectivity index is 3.38. The Hall–Kier alpha value is 0.170. The van der Waals surface area contributed by atoms with Crippen LogP contribution in [0.5, 0.6) is 0 Å². The summed E-state index contributed by atoms with van der Waals surface area (Å²) in [6.07, 6.45) is 0.457. The van der Waals surface area contributed by atoms with Crippen molar-refractivity contribution in [3.8, 4) is 0 Å². The monoisotopic (exact) mass is 194 g/mol. The maximum absolute atomic E-state index is 10.9. The molecule has 0 amide bonds. The van der Waals surface area contributed by atoms with Crippen molar-refractivity contribution in [1.29, 1.82) is 0 Å². The Morgan fingerprint density at radius 1 is 1.45 bits per heavy atom. The Morgan fingerprint density at radius 3 is 2.55 bits per heavy atom. The Kier molecular flexibility index (Phi) is 6.96. The normalized spacial score (nSPS) is 12.9. The van der Waals surface area contributed by atoms with Gasteiger partial charge in [0.2, 0.25) is 0 Å². The molecule has 0 bridgehead atoms. The third kappa shape index (κ3) is 6.56. The van der Waals surface area contributed by atoms with Gasteiger partial charge in [-0.2, -0.15) is 0 Å². The molecule has 0 aliphatic rings. The summed E-state index contributed by atoms with van der Waals surface area (Å²) in [4.78, 5) is 10.9. The minimum absolute atomic E-state index is 0.161. The van der Waals surface area contributed by atoms with E-state index in [0.717, 1.165) is 5.75 Å². The highest BCUT2D eigenvalue weighted by Crippen LogP contribution is 2.04. The zero-order valence-corrected chi connectivity index (χ0v) is 8.59. The minimum atomic E-state index is -0.785. The smallest absolute Gasteiger partial charge is 0.189 e. The molecule has 0 saturated carbocycles. The van der Waals surface area contributed by atoms with Gasteiger partial charge in [0, 0.05) is 28.7 Å². The molecule has 0 rings (SSSR count). The van der Waals surface area contributed by atoms with E-state index in [1.165, 1.54) is 11.8 Å². The van der Waals surface area contributed by atoms with Crippen LogP contribution in [0, 0.1) is 0 Å². The highest BCUT2D eigenvalue weighted by Gasteiger charge is 2.03. The second-order valence-electron chi connectivity index (χ2n) is 1.99. The van der Waals surface area contributed by atoms with E-state index in [0.29, 0.717) is 17.9 Å². The molecule has 0 radical (unpaired) electrons. The van der Waals surface area contributed by atoms with E-state index in [1.54, 1.807) is 0 Å². The predicted molar refractivity (Wildman–Crippen MR) is 51.3 cm³/mol. The lowest BCUT2D eigenvalue weighted by Gasteiger charge is -1.96. The number of carbonyl (C=O) groups excluding carboxylic acids is 1. The molecule has 0 aromatic carbocycles. The number of hydrogen-bond acceptors (Lipinski definition) is 3. The fourth-order valence-electron chi connectivity index (χ4n) is 0.575. The standard InChI is InChI=1S/C7H14O2S2/c1-3-10-7(8)5-6-11(9)4-2/h3-6H2,1-2H3. The lowest BCUT2D eigenvalue weighted by molar-refractivity contribution is -0.110. The van der Waals surface area contributed by atoms with Crippen LogP contribution in [0.4, 0.5) is 0 Å². The van der Waals surface area contributed by atoms with E-state index >= 15 is 0 Å². The molecule has 0 saturated heterocycles. The summed E-state index contributed by atoms with van der Waals surface area (Å²) < 4.78 is 10.9. The molecule has 0 N–H and O–H groups in total. The molecule has 1 atom stereocenters. The quantitative estimate of drug-likeness (QED) is 0.664. The van der Waals surface area contributed by atoms with Crippen LogP contribution in [-0.4, -0.2) is 26.6 Å². The fraction of sp³-hybridized carbons (Fsp3) is 0.857. The first-order valence-corrected chi connectivity index (χ1v) is 6.18. The van der Waals surface area contributed by atoms with E-state index in [-0.39, 0.29) is 5.12 Å². The summed E-state index contributed by atoms with van der Waals surface area (Å²) in [6.45, 7) is 3.81. The second kappa shape index (κ2) is 6.85. The Bertz CT molecular complexity index is 145. The van der Waals surface area contributed by atoms with Gasteiger partial charge in [0.15, 0.2) is 5.12 Å². The molecule has 0 spiro atoms. The second-order valence-corrected chi connectivity index (χ2v) is 5.17. The molecule has 66 valence electrons. The van der Waals surface area contributed by atoms with Gasteiger partial charge in [-0.1, -0.05) is 25.6 Å². The van der Waals surface area contributed by atoms with E-state index in [9.17, 15) is 9.00 Å². The predicted octanol–water partition coefficient (Wildman–Crippen LogP) is 1.42. The van der Waals surface area contributed by atoms with E-state index in [4.69, 9.17) is 0 Å². The van der Waals surface area contributed by atoms with Crippen molar-refractivity contribution >= 4 is 27.7 Å². The summed E-state index contributed by atoms with van der Waals surface area (Å²) in [5.74, 6) is 2.00. The summed E-state index contributed by atoms with van der Waals surface area (Å²) >= 11 is 1.31. The Labute approximate surface area is 74.6 Å². The molecule has 4 heteroatoms. The molecule has 2 nitrogen and oxygen atoms in total. The highest BCUT2D eigenvalue weighted by atomic mass is 32.2. The molecule has 0 heterocycles. The van der Waals surface area contributed by atoms with Crippen LogP contribution in [0.2, 0.25) is 0 Å². The minimum Gasteiger partial charge on any atom is -0.287 e. The molecule has 0 aromatic heterocycles. The van der Waals surface area contributed by atoms with Crippen LogP contribution in [0.25, 0.3) is 0 Å². The first-order valence-electron chi connectivity index (χ1n) is 3.71. The lowest BCUT2D eigenvalue weighted by atomic mass is 10.5. The van der Waals surface area contributed by atoms with Crippen LogP contribution in [0.15, 0.2) is 0 Å². The van der Waals surface area contributed by atoms with Gasteiger partial charge in [0.05, 0.1) is 0 Å². The van der Waals surface area contributed by atoms with E-state index in [2.05, 4.69) is 0 Å². The third-order valence-electron chi connectivity index (χ3n) is 1.16. The maximum Gasteiger partial charge on any atom is 0.189 e. The first-order chi connectivity index (χ1) is 5.20. The fourth-order valence-corrected chi connectivity index (χ4v) is 1.97. The van der Waals surface area contributed by atoms with Crippen LogP contribution in [-0.2, 0) is 15.6 Å². The Morgan fingerprint density at radius 2 is 2.09 bits per heavy atom. The van der Waals surface area contributed by atoms with E-state index in [1.807, 2.05) is 13.8 Å². The van der Waals surface area contributed by atoms with Crippen LogP contribution in [0.3, 0.4) is 0 Å². The van der Waals surface area contributed by atoms with Gasteiger partial charge in [0.25, 0.3) is 0 Å². The zero-order chi connectivity index (χ0) is 8.69. The highest BCUT2D eigenvalue weighted by molar-refractivity contribution is 8.13. The van der Waals surface area contributed by atoms with Gasteiger partial charge < -0.3 is 0 Å². The molecule has 1 unspecified atom stereocenters. The molecule has 11 heavy (non-hydrogen) atoms. The van der Waals surface area contributed by atoms with Gasteiger partial charge >= 0.3 is 0 Å². The summed E-state index contributed by atoms with van der Waals surface area (Å²) in [5, 5.41) is 0.161. The largest absolute Gasteiger partial charge is 0.287 e. The molecule has 0 aromatic rings. The van der Waals surface area contributed by atoms with Crippen LogP contribution in [0.1, 0.15) is 20.3 Å². The van der Waals surface area contributed by atoms with Crippen molar-refractivity contribution in [2.24, 2.45) is 0 Å². The zero-order valence-electron chi connectivity index (χ0n) is 6.96. The van der Waals surface area contributed by atoms with Crippen molar-refractivity contribution in [2.75, 3.05) is 17.3 Å². The summed E-state index contributed by atoms with van der Waals surface area (Å²) in [5.41, 5.74) is 0. The number of rotatable bonds is 5. The van der Waals surface area contributed by atoms with Crippen molar-refractivity contribution in [1.82, 2.24) is 0 Å². The number of carbonyl (C=O) groups is 1. The van der Waals surface area contributed by atoms with Gasteiger partial charge in [-0.15, -0.1) is 0 Å². The molecular formula is C7H14O2S2. The van der Waals surface area contributed by atoms with Gasteiger partial charge in [0.1, 0.15) is 0 Å². The average molecular weight is 194 g/mol. The molecule has 0 aliphatic carbocycles. The van der Waals surface area contributed by atoms with Crippen molar-refractivity contribution in [2.45, 2.75) is 20.3 Å². The van der Waals surface area contributed by atoms with Crippen LogP contribution < -0.4 is 0 Å².